The van der Waals surface area contributed by atoms with Crippen molar-refractivity contribution in [2.45, 2.75) is 38.0 Å². The number of rotatable bonds is 11. The van der Waals surface area contributed by atoms with Crippen molar-refractivity contribution in [2.75, 3.05) is 11.1 Å². The molecule has 1 heterocycles. The normalized spacial score (nSPS) is 11.8. The number of nitrogens with zero attached hydrogens (tertiary/aromatic N) is 3. The standard InChI is InChI=1S/C25H26Cl3N5O2S/c1-4-11-33-23(21(12-15(2)3)30-24(35)19-10-7-17(27)13-20(19)28)31-32-25(33)36-14-22(34)29-18-8-5-16(26)6-9-18/h4-10,13,15,21H,1,11-12,14H2,2-3H3,(H,29,34)(H,30,35)/t21-/m0/s1. The molecule has 0 aliphatic rings. The molecule has 2 N–H and O–H groups in total. The molecule has 0 bridgehead atoms. The minimum Gasteiger partial charge on any atom is -0.342 e. The van der Waals surface area contributed by atoms with Gasteiger partial charge < -0.3 is 15.2 Å². The number of anilines is 1. The minimum absolute atomic E-state index is 0.124. The maximum absolute atomic E-state index is 13.0. The summed E-state index contributed by atoms with van der Waals surface area (Å²) < 4.78 is 1.85. The number of halogens is 3. The van der Waals surface area contributed by atoms with Crippen LogP contribution in [0.25, 0.3) is 0 Å². The molecule has 0 aliphatic carbocycles. The lowest BCUT2D eigenvalue weighted by molar-refractivity contribution is -0.113. The first-order chi connectivity index (χ1) is 17.2. The monoisotopic (exact) mass is 565 g/mol. The van der Waals surface area contributed by atoms with Crippen molar-refractivity contribution in [3.05, 3.63) is 81.6 Å². The fraction of sp³-hybridized carbons (Fsp3) is 0.280. The number of carbonyl (C=O) groups is 2. The van der Waals surface area contributed by atoms with E-state index in [-0.39, 0.29) is 28.5 Å². The lowest BCUT2D eigenvalue weighted by Gasteiger charge is -2.21. The zero-order valence-corrected chi connectivity index (χ0v) is 22.9. The second-order valence-corrected chi connectivity index (χ2v) is 10.6. The first-order valence-corrected chi connectivity index (χ1v) is 13.3. The maximum atomic E-state index is 13.0. The average molecular weight is 567 g/mol. The summed E-state index contributed by atoms with van der Waals surface area (Å²) in [5, 5.41) is 16.4. The van der Waals surface area contributed by atoms with E-state index in [0.717, 1.165) is 0 Å². The van der Waals surface area contributed by atoms with E-state index >= 15 is 0 Å². The maximum Gasteiger partial charge on any atom is 0.253 e. The van der Waals surface area contributed by atoms with Gasteiger partial charge in [0.2, 0.25) is 5.91 Å². The van der Waals surface area contributed by atoms with E-state index in [4.69, 9.17) is 34.8 Å². The second-order valence-electron chi connectivity index (χ2n) is 8.36. The van der Waals surface area contributed by atoms with Crippen LogP contribution in [0.2, 0.25) is 15.1 Å². The van der Waals surface area contributed by atoms with Gasteiger partial charge in [-0.3, -0.25) is 9.59 Å². The molecule has 0 saturated heterocycles. The molecule has 0 aliphatic heterocycles. The van der Waals surface area contributed by atoms with Gasteiger partial charge in [-0.1, -0.05) is 66.5 Å². The summed E-state index contributed by atoms with van der Waals surface area (Å²) in [6.07, 6.45) is 2.34. The molecular formula is C25H26Cl3N5O2S. The molecule has 0 saturated carbocycles. The molecule has 190 valence electrons. The Labute approximate surface area is 229 Å². The Morgan fingerprint density at radius 1 is 1.08 bits per heavy atom. The highest BCUT2D eigenvalue weighted by Crippen LogP contribution is 2.27. The van der Waals surface area contributed by atoms with Crippen LogP contribution < -0.4 is 10.6 Å². The highest BCUT2D eigenvalue weighted by Gasteiger charge is 2.25. The molecule has 2 aromatic carbocycles. The fourth-order valence-corrected chi connectivity index (χ4v) is 4.81. The van der Waals surface area contributed by atoms with Gasteiger partial charge in [0, 0.05) is 22.3 Å². The van der Waals surface area contributed by atoms with Crippen LogP contribution in [0.3, 0.4) is 0 Å². The van der Waals surface area contributed by atoms with Crippen LogP contribution in [0.5, 0.6) is 0 Å². The summed E-state index contributed by atoms with van der Waals surface area (Å²) in [5.74, 6) is 0.418. The van der Waals surface area contributed by atoms with Crippen molar-refractivity contribution < 1.29 is 9.59 Å². The Kier molecular flexibility index (Phi) is 10.2. The van der Waals surface area contributed by atoms with Gasteiger partial charge in [-0.15, -0.1) is 16.8 Å². The quantitative estimate of drug-likeness (QED) is 0.200. The van der Waals surface area contributed by atoms with Gasteiger partial charge >= 0.3 is 0 Å². The highest BCUT2D eigenvalue weighted by molar-refractivity contribution is 7.99. The van der Waals surface area contributed by atoms with Gasteiger partial charge in [-0.2, -0.15) is 0 Å². The smallest absolute Gasteiger partial charge is 0.253 e. The van der Waals surface area contributed by atoms with Crippen molar-refractivity contribution in [2.24, 2.45) is 5.92 Å². The number of aromatic nitrogens is 3. The number of hydrogen-bond donors (Lipinski definition) is 2. The van der Waals surface area contributed by atoms with Crippen LogP contribution in [0, 0.1) is 5.92 Å². The molecule has 3 aromatic rings. The Morgan fingerprint density at radius 2 is 1.78 bits per heavy atom. The summed E-state index contributed by atoms with van der Waals surface area (Å²) in [7, 11) is 0. The summed E-state index contributed by atoms with van der Waals surface area (Å²) in [5.41, 5.74) is 0.969. The second kappa shape index (κ2) is 13.1. The number of allylic oxidation sites excluding steroid dienone is 1. The summed E-state index contributed by atoms with van der Waals surface area (Å²) in [6.45, 7) is 8.35. The fourth-order valence-electron chi connectivity index (χ4n) is 3.44. The molecular weight excluding hydrogens is 541 g/mol. The van der Waals surface area contributed by atoms with Crippen LogP contribution in [0.4, 0.5) is 5.69 Å². The number of nitrogens with one attached hydrogen (secondary N) is 2. The summed E-state index contributed by atoms with van der Waals surface area (Å²) >= 11 is 19.4. The number of thioether (sulfide) groups is 1. The molecule has 3 rings (SSSR count). The zero-order valence-electron chi connectivity index (χ0n) is 19.8. The highest BCUT2D eigenvalue weighted by atomic mass is 35.5. The Bertz CT molecular complexity index is 1230. The first kappa shape index (κ1) is 28.1. The molecule has 7 nitrogen and oxygen atoms in total. The lowest BCUT2D eigenvalue weighted by Crippen LogP contribution is -2.32. The predicted molar refractivity (Wildman–Crippen MR) is 147 cm³/mol. The van der Waals surface area contributed by atoms with E-state index in [0.29, 0.717) is 45.2 Å². The average Bonchev–Trinajstić information content (AvgIpc) is 3.21. The number of hydrogen-bond acceptors (Lipinski definition) is 5. The molecule has 0 spiro atoms. The van der Waals surface area contributed by atoms with Gasteiger partial charge in [-0.05, 0) is 54.8 Å². The molecule has 11 heteroatoms. The first-order valence-electron chi connectivity index (χ1n) is 11.2. The molecule has 1 atom stereocenters. The largest absolute Gasteiger partial charge is 0.342 e. The van der Waals surface area contributed by atoms with E-state index in [1.807, 2.05) is 4.57 Å². The van der Waals surface area contributed by atoms with Gasteiger partial charge in [0.25, 0.3) is 5.91 Å². The van der Waals surface area contributed by atoms with Gasteiger partial charge in [0.05, 0.1) is 22.4 Å². The van der Waals surface area contributed by atoms with Crippen molar-refractivity contribution in [1.29, 1.82) is 0 Å². The van der Waals surface area contributed by atoms with Crippen LogP contribution in [0.15, 0.2) is 60.3 Å². The van der Waals surface area contributed by atoms with Gasteiger partial charge in [-0.25, -0.2) is 0 Å². The van der Waals surface area contributed by atoms with E-state index < -0.39 is 6.04 Å². The van der Waals surface area contributed by atoms with Crippen LogP contribution in [0.1, 0.15) is 42.5 Å². The Morgan fingerprint density at radius 3 is 2.42 bits per heavy atom. The van der Waals surface area contributed by atoms with Gasteiger partial charge in [0.15, 0.2) is 11.0 Å². The zero-order chi connectivity index (χ0) is 26.2. The number of carbonyl (C=O) groups excluding carboxylic acids is 2. The van der Waals surface area contributed by atoms with Crippen molar-refractivity contribution in [3.63, 3.8) is 0 Å². The van der Waals surface area contributed by atoms with Crippen LogP contribution in [-0.2, 0) is 11.3 Å². The summed E-state index contributed by atoms with van der Waals surface area (Å²) in [6, 6.07) is 11.2. The Hall–Kier alpha value is -2.52. The van der Waals surface area contributed by atoms with Gasteiger partial charge in [0.1, 0.15) is 0 Å². The molecule has 0 fully saturated rings. The van der Waals surface area contributed by atoms with Crippen LogP contribution in [-0.4, -0.2) is 32.3 Å². The minimum atomic E-state index is -0.436. The SMILES string of the molecule is C=CCn1c(SCC(=O)Nc2ccc(Cl)cc2)nnc1[C@H](CC(C)C)NC(=O)c1ccc(Cl)cc1Cl. The lowest BCUT2D eigenvalue weighted by atomic mass is 10.0. The van der Waals surface area contributed by atoms with Crippen LogP contribution >= 0.6 is 46.6 Å². The third-order valence-corrected chi connectivity index (χ3v) is 6.78. The van der Waals surface area contributed by atoms with Crippen molar-refractivity contribution >= 4 is 64.1 Å². The topological polar surface area (TPSA) is 88.9 Å². The summed E-state index contributed by atoms with van der Waals surface area (Å²) in [4.78, 5) is 25.5. The third kappa shape index (κ3) is 7.74. The van der Waals surface area contributed by atoms with E-state index in [2.05, 4.69) is 41.3 Å². The number of amides is 2. The number of benzene rings is 2. The molecule has 36 heavy (non-hydrogen) atoms. The molecule has 0 unspecified atom stereocenters. The molecule has 1 aromatic heterocycles. The third-order valence-electron chi connectivity index (χ3n) is 5.02. The molecule has 2 amide bonds. The van der Waals surface area contributed by atoms with E-state index in [1.54, 1.807) is 42.5 Å². The van der Waals surface area contributed by atoms with E-state index in [9.17, 15) is 9.59 Å². The van der Waals surface area contributed by atoms with Crippen molar-refractivity contribution in [3.8, 4) is 0 Å². The van der Waals surface area contributed by atoms with Crippen molar-refractivity contribution in [1.82, 2.24) is 20.1 Å². The van der Waals surface area contributed by atoms with E-state index in [1.165, 1.54) is 17.8 Å². The molecule has 0 radical (unpaired) electrons. The Balaban J connectivity index is 1.78. The predicted octanol–water partition coefficient (Wildman–Crippen LogP) is 6.67.